The van der Waals surface area contributed by atoms with Crippen LogP contribution in [0.4, 0.5) is 5.69 Å². The van der Waals surface area contributed by atoms with Crippen molar-refractivity contribution in [2.45, 2.75) is 26.2 Å². The molecular formula is C29H30N4O4. The molecule has 1 saturated heterocycles. The maximum atomic E-state index is 12.9. The summed E-state index contributed by atoms with van der Waals surface area (Å²) in [6.45, 7) is 3.44. The van der Waals surface area contributed by atoms with Gasteiger partial charge in [0, 0.05) is 41.0 Å². The second-order valence-electron chi connectivity index (χ2n) is 8.95. The minimum Gasteiger partial charge on any atom is -0.496 e. The lowest BCUT2D eigenvalue weighted by molar-refractivity contribution is -0.115. The molecule has 3 amide bonds. The number of rotatable bonds is 7. The van der Waals surface area contributed by atoms with E-state index < -0.39 is 5.91 Å². The lowest BCUT2D eigenvalue weighted by atomic mass is 10.0. The molecule has 3 N–H and O–H groups in total. The van der Waals surface area contributed by atoms with Crippen molar-refractivity contribution in [3.8, 4) is 5.75 Å². The number of hydrogen-bond acceptors (Lipinski definition) is 4. The minimum absolute atomic E-state index is 0.0183. The molecule has 8 heteroatoms. The number of amides is 3. The van der Waals surface area contributed by atoms with Crippen LogP contribution in [0.5, 0.6) is 5.75 Å². The Bertz CT molecular complexity index is 1350. The Morgan fingerprint density at radius 2 is 1.70 bits per heavy atom. The number of nitrogens with one attached hydrogen (secondary N) is 1. The van der Waals surface area contributed by atoms with E-state index in [1.165, 1.54) is 7.11 Å². The zero-order chi connectivity index (χ0) is 26.4. The molecule has 1 aliphatic rings. The number of nitrogens with zero attached hydrogens (tertiary/aromatic N) is 2. The Hall–Kier alpha value is -4.46. The highest BCUT2D eigenvalue weighted by Crippen LogP contribution is 2.23. The van der Waals surface area contributed by atoms with Crippen LogP contribution >= 0.6 is 0 Å². The zero-order valence-corrected chi connectivity index (χ0v) is 21.0. The Morgan fingerprint density at radius 3 is 2.38 bits per heavy atom. The van der Waals surface area contributed by atoms with E-state index in [1.54, 1.807) is 60.7 Å². The Balaban J connectivity index is 1.47. The summed E-state index contributed by atoms with van der Waals surface area (Å²) >= 11 is 0. The third kappa shape index (κ3) is 6.22. The first-order valence-electron chi connectivity index (χ1n) is 12.2. The van der Waals surface area contributed by atoms with Crippen LogP contribution in [-0.2, 0) is 11.2 Å². The zero-order valence-electron chi connectivity index (χ0n) is 21.0. The number of carbonyl (C=O) groups is 3. The van der Waals surface area contributed by atoms with Gasteiger partial charge in [-0.1, -0.05) is 18.2 Å². The van der Waals surface area contributed by atoms with Gasteiger partial charge < -0.3 is 20.7 Å². The first-order chi connectivity index (χ1) is 17.9. The fourth-order valence-corrected chi connectivity index (χ4v) is 4.35. The number of anilines is 1. The van der Waals surface area contributed by atoms with Gasteiger partial charge in [-0.2, -0.15) is 4.99 Å². The van der Waals surface area contributed by atoms with Gasteiger partial charge in [0.05, 0.1) is 13.5 Å². The highest BCUT2D eigenvalue weighted by atomic mass is 16.5. The van der Waals surface area contributed by atoms with Crippen molar-refractivity contribution in [2.75, 3.05) is 25.5 Å². The van der Waals surface area contributed by atoms with Crippen LogP contribution in [0.25, 0.3) is 0 Å². The summed E-state index contributed by atoms with van der Waals surface area (Å²) < 4.78 is 5.42. The predicted molar refractivity (Wildman–Crippen MR) is 143 cm³/mol. The van der Waals surface area contributed by atoms with Crippen molar-refractivity contribution >= 4 is 29.2 Å². The number of aryl methyl sites for hydroxylation is 1. The number of aliphatic imine (C=N–C) groups is 1. The van der Waals surface area contributed by atoms with Crippen LogP contribution in [0.1, 0.15) is 50.2 Å². The summed E-state index contributed by atoms with van der Waals surface area (Å²) in [6, 6.07) is 19.0. The SMILES string of the molecule is COc1ccc(C(N)=NC(=O)c2ccccc2)cc1CC(=O)Nc1ccc(C(=O)N2CCCC2)c(C)c1. The molecule has 190 valence electrons. The molecule has 0 radical (unpaired) electrons. The normalized spacial score (nSPS) is 13.4. The third-order valence-electron chi connectivity index (χ3n) is 6.30. The maximum absolute atomic E-state index is 12.9. The van der Waals surface area contributed by atoms with Gasteiger partial charge in [-0.05, 0) is 73.9 Å². The average Bonchev–Trinajstić information content (AvgIpc) is 3.44. The molecular weight excluding hydrogens is 468 g/mol. The van der Waals surface area contributed by atoms with Gasteiger partial charge in [0.25, 0.3) is 11.8 Å². The van der Waals surface area contributed by atoms with Crippen molar-refractivity contribution in [2.24, 2.45) is 10.7 Å². The molecule has 1 aliphatic heterocycles. The van der Waals surface area contributed by atoms with Crippen molar-refractivity contribution < 1.29 is 19.1 Å². The van der Waals surface area contributed by atoms with Gasteiger partial charge in [-0.25, -0.2) is 0 Å². The second-order valence-corrected chi connectivity index (χ2v) is 8.95. The Kier molecular flexibility index (Phi) is 7.98. The third-order valence-corrected chi connectivity index (χ3v) is 6.30. The molecule has 3 aromatic carbocycles. The van der Waals surface area contributed by atoms with Gasteiger partial charge in [-0.15, -0.1) is 0 Å². The number of ether oxygens (including phenoxy) is 1. The molecule has 37 heavy (non-hydrogen) atoms. The van der Waals surface area contributed by atoms with Crippen LogP contribution in [0.3, 0.4) is 0 Å². The van der Waals surface area contributed by atoms with E-state index >= 15 is 0 Å². The van der Waals surface area contributed by atoms with E-state index in [2.05, 4.69) is 10.3 Å². The van der Waals surface area contributed by atoms with Gasteiger partial charge in [0.1, 0.15) is 11.6 Å². The number of nitrogens with two attached hydrogens (primary N) is 1. The molecule has 0 spiro atoms. The Labute approximate surface area is 216 Å². The monoisotopic (exact) mass is 498 g/mol. The summed E-state index contributed by atoms with van der Waals surface area (Å²) in [4.78, 5) is 43.9. The first kappa shape index (κ1) is 25.6. The van der Waals surface area contributed by atoms with E-state index in [0.717, 1.165) is 31.5 Å². The van der Waals surface area contributed by atoms with Crippen LogP contribution in [0, 0.1) is 6.92 Å². The van der Waals surface area contributed by atoms with Crippen LogP contribution in [-0.4, -0.2) is 48.7 Å². The lowest BCUT2D eigenvalue weighted by Gasteiger charge is -2.17. The minimum atomic E-state index is -0.449. The topological polar surface area (TPSA) is 114 Å². The molecule has 0 saturated carbocycles. The number of amidine groups is 1. The van der Waals surface area contributed by atoms with Gasteiger partial charge >= 0.3 is 0 Å². The van der Waals surface area contributed by atoms with E-state index in [4.69, 9.17) is 10.5 Å². The number of methoxy groups -OCH3 is 1. The lowest BCUT2D eigenvalue weighted by Crippen LogP contribution is -2.28. The quantitative estimate of drug-likeness (QED) is 0.378. The molecule has 0 atom stereocenters. The first-order valence-corrected chi connectivity index (χ1v) is 12.2. The summed E-state index contributed by atoms with van der Waals surface area (Å²) in [5, 5.41) is 2.89. The fraction of sp³-hybridized carbons (Fsp3) is 0.241. The number of carbonyl (C=O) groups excluding carboxylic acids is 3. The van der Waals surface area contributed by atoms with E-state index in [0.29, 0.717) is 33.7 Å². The predicted octanol–water partition coefficient (Wildman–Crippen LogP) is 3.97. The molecule has 0 unspecified atom stereocenters. The number of likely N-dealkylation sites (tertiary alicyclic amines) is 1. The van der Waals surface area contributed by atoms with Crippen LogP contribution in [0.2, 0.25) is 0 Å². The van der Waals surface area contributed by atoms with E-state index in [9.17, 15) is 14.4 Å². The summed E-state index contributed by atoms with van der Waals surface area (Å²) in [5.41, 5.74) is 9.70. The second kappa shape index (κ2) is 11.5. The van der Waals surface area contributed by atoms with Crippen LogP contribution in [0.15, 0.2) is 71.7 Å². The number of hydrogen-bond donors (Lipinski definition) is 2. The standard InChI is InChI=1S/C29H30N4O4/c1-19-16-23(11-12-24(19)29(36)33-14-6-7-15-33)31-26(34)18-22-17-21(10-13-25(22)37-2)27(30)32-28(35)20-8-4-3-5-9-20/h3-5,8-13,16-17H,6-7,14-15,18H2,1-2H3,(H,31,34)(H2,30,32,35). The summed E-state index contributed by atoms with van der Waals surface area (Å²) in [6.07, 6.45) is 2.08. The highest BCUT2D eigenvalue weighted by molar-refractivity contribution is 6.09. The summed E-state index contributed by atoms with van der Waals surface area (Å²) in [7, 11) is 1.52. The molecule has 0 aromatic heterocycles. The van der Waals surface area contributed by atoms with Crippen molar-refractivity contribution in [1.82, 2.24) is 4.90 Å². The molecule has 0 bridgehead atoms. The Morgan fingerprint density at radius 1 is 0.973 bits per heavy atom. The molecule has 8 nitrogen and oxygen atoms in total. The molecule has 1 heterocycles. The molecule has 0 aliphatic carbocycles. The van der Waals surface area contributed by atoms with Crippen molar-refractivity contribution in [1.29, 1.82) is 0 Å². The highest BCUT2D eigenvalue weighted by Gasteiger charge is 2.21. The van der Waals surface area contributed by atoms with Crippen molar-refractivity contribution in [3.63, 3.8) is 0 Å². The van der Waals surface area contributed by atoms with Gasteiger partial charge in [-0.3, -0.25) is 14.4 Å². The van der Waals surface area contributed by atoms with E-state index in [1.807, 2.05) is 17.9 Å². The van der Waals surface area contributed by atoms with Gasteiger partial charge in [0.15, 0.2) is 0 Å². The fourth-order valence-electron chi connectivity index (χ4n) is 4.35. The summed E-state index contributed by atoms with van der Waals surface area (Å²) in [5.74, 6) is -0.116. The largest absolute Gasteiger partial charge is 0.496 e. The van der Waals surface area contributed by atoms with E-state index in [-0.39, 0.29) is 24.1 Å². The maximum Gasteiger partial charge on any atom is 0.278 e. The van der Waals surface area contributed by atoms with Crippen LogP contribution < -0.4 is 15.8 Å². The molecule has 4 rings (SSSR count). The van der Waals surface area contributed by atoms with Crippen molar-refractivity contribution in [3.05, 3.63) is 94.5 Å². The molecule has 1 fully saturated rings. The van der Waals surface area contributed by atoms with Gasteiger partial charge in [0.2, 0.25) is 5.91 Å². The smallest absolute Gasteiger partial charge is 0.278 e. The molecule has 3 aromatic rings. The average molecular weight is 499 g/mol. The number of benzene rings is 3.